The van der Waals surface area contributed by atoms with Crippen molar-refractivity contribution in [1.82, 2.24) is 0 Å². The molecule has 0 saturated heterocycles. The molecule has 0 saturated carbocycles. The summed E-state index contributed by atoms with van der Waals surface area (Å²) >= 11 is 1.86. The van der Waals surface area contributed by atoms with Gasteiger partial charge in [0.25, 0.3) is 0 Å². The summed E-state index contributed by atoms with van der Waals surface area (Å²) in [6, 6.07) is 7.07. The molecule has 0 aromatic heterocycles. The fraction of sp³-hybridized carbons (Fsp3) is 0.222. The highest BCUT2D eigenvalue weighted by molar-refractivity contribution is 14.1. The van der Waals surface area contributed by atoms with Gasteiger partial charge < -0.3 is 0 Å². The second-order valence-electron chi connectivity index (χ2n) is 4.92. The lowest BCUT2D eigenvalue weighted by molar-refractivity contribution is 0.572. The van der Waals surface area contributed by atoms with Crippen LogP contribution in [0.1, 0.15) is 36.5 Å². The van der Waals surface area contributed by atoms with Crippen LogP contribution in [-0.2, 0) is 6.42 Å². The van der Waals surface area contributed by atoms with E-state index in [0.29, 0.717) is 21.1 Å². The minimum atomic E-state index is -0.676. The van der Waals surface area contributed by atoms with Crippen LogP contribution < -0.4 is 0 Å². The van der Waals surface area contributed by atoms with E-state index in [1.165, 1.54) is 18.2 Å². The number of benzene rings is 2. The minimum absolute atomic E-state index is 0.279. The lowest BCUT2D eigenvalue weighted by Crippen LogP contribution is -1.95. The van der Waals surface area contributed by atoms with Crippen LogP contribution in [0.4, 0.5) is 13.2 Å². The third kappa shape index (κ3) is 4.26. The Morgan fingerprint density at radius 2 is 1.64 bits per heavy atom. The van der Waals surface area contributed by atoms with E-state index in [1.54, 1.807) is 12.1 Å². The maximum atomic E-state index is 14.0. The van der Waals surface area contributed by atoms with E-state index in [9.17, 15) is 13.2 Å². The molecule has 0 aliphatic heterocycles. The highest BCUT2D eigenvalue weighted by Crippen LogP contribution is 2.17. The van der Waals surface area contributed by atoms with Gasteiger partial charge in [0.15, 0.2) is 0 Å². The number of hydrogen-bond acceptors (Lipinski definition) is 0. The van der Waals surface area contributed by atoms with E-state index in [2.05, 4.69) is 11.8 Å². The minimum Gasteiger partial charge on any atom is -0.206 e. The Hall–Kier alpha value is -1.48. The van der Waals surface area contributed by atoms with Gasteiger partial charge in [0, 0.05) is 9.13 Å². The maximum absolute atomic E-state index is 14.0. The Bertz CT molecular complexity index is 719. The first kappa shape index (κ1) is 16.9. The van der Waals surface area contributed by atoms with Crippen LogP contribution >= 0.6 is 22.6 Å². The number of hydrogen-bond donors (Lipinski definition) is 0. The van der Waals surface area contributed by atoms with Crippen molar-refractivity contribution in [2.75, 3.05) is 0 Å². The summed E-state index contributed by atoms with van der Waals surface area (Å²) in [5.41, 5.74) is 0.730. The predicted molar refractivity (Wildman–Crippen MR) is 90.1 cm³/mol. The molecule has 0 spiro atoms. The molecule has 4 heteroatoms. The number of unbranched alkanes of at least 4 members (excludes halogenated alkanes) is 1. The third-order valence-electron chi connectivity index (χ3n) is 3.17. The summed E-state index contributed by atoms with van der Waals surface area (Å²) in [4.78, 5) is 0. The molecule has 22 heavy (non-hydrogen) atoms. The lowest BCUT2D eigenvalue weighted by atomic mass is 10.0. The van der Waals surface area contributed by atoms with Crippen molar-refractivity contribution < 1.29 is 13.2 Å². The molecule has 0 unspecified atom stereocenters. The van der Waals surface area contributed by atoms with Gasteiger partial charge in [0.2, 0.25) is 0 Å². The van der Waals surface area contributed by atoms with Crippen LogP contribution in [-0.4, -0.2) is 0 Å². The molecule has 0 atom stereocenters. The fourth-order valence-corrected chi connectivity index (χ4v) is 2.31. The maximum Gasteiger partial charge on any atom is 0.142 e. The van der Waals surface area contributed by atoms with Crippen molar-refractivity contribution in [3.05, 3.63) is 68.0 Å². The topological polar surface area (TPSA) is 0 Å². The van der Waals surface area contributed by atoms with Gasteiger partial charge in [-0.2, -0.15) is 0 Å². The monoisotopic (exact) mass is 414 g/mol. The van der Waals surface area contributed by atoms with Gasteiger partial charge in [0.05, 0.1) is 5.56 Å². The molecular formula is C18H14F3I. The Kier molecular flexibility index (Phi) is 5.90. The summed E-state index contributed by atoms with van der Waals surface area (Å²) in [7, 11) is 0. The lowest BCUT2D eigenvalue weighted by Gasteiger charge is -2.03. The van der Waals surface area contributed by atoms with E-state index in [0.717, 1.165) is 12.8 Å². The van der Waals surface area contributed by atoms with Crippen LogP contribution in [0.5, 0.6) is 0 Å². The van der Waals surface area contributed by atoms with Gasteiger partial charge in [-0.05, 0) is 71.3 Å². The van der Waals surface area contributed by atoms with Gasteiger partial charge in [-0.25, -0.2) is 13.2 Å². The molecule has 0 amide bonds. The zero-order chi connectivity index (χ0) is 16.1. The molecule has 0 N–H and O–H groups in total. The Morgan fingerprint density at radius 1 is 0.955 bits per heavy atom. The molecular weight excluding hydrogens is 400 g/mol. The van der Waals surface area contributed by atoms with E-state index in [1.807, 2.05) is 29.5 Å². The second-order valence-corrected chi connectivity index (χ2v) is 6.08. The van der Waals surface area contributed by atoms with Crippen LogP contribution in [0, 0.1) is 32.9 Å². The summed E-state index contributed by atoms with van der Waals surface area (Å²) in [5.74, 6) is 3.31. The van der Waals surface area contributed by atoms with Gasteiger partial charge in [-0.1, -0.05) is 25.2 Å². The van der Waals surface area contributed by atoms with E-state index in [4.69, 9.17) is 0 Å². The summed E-state index contributed by atoms with van der Waals surface area (Å²) in [5, 5.41) is 0. The van der Waals surface area contributed by atoms with Gasteiger partial charge >= 0.3 is 0 Å². The average molecular weight is 414 g/mol. The van der Waals surface area contributed by atoms with Crippen LogP contribution in [0.25, 0.3) is 0 Å². The van der Waals surface area contributed by atoms with E-state index in [-0.39, 0.29) is 5.56 Å². The molecule has 0 fully saturated rings. The number of rotatable bonds is 3. The van der Waals surface area contributed by atoms with Crippen LogP contribution in [0.3, 0.4) is 0 Å². The zero-order valence-corrected chi connectivity index (χ0v) is 14.2. The number of halogens is 4. The first-order valence-corrected chi connectivity index (χ1v) is 8.04. The molecule has 2 aromatic carbocycles. The summed E-state index contributed by atoms with van der Waals surface area (Å²) < 4.78 is 41.8. The molecule has 0 nitrogen and oxygen atoms in total. The predicted octanol–water partition coefficient (Wildman–Crippen LogP) is 5.45. The van der Waals surface area contributed by atoms with E-state index < -0.39 is 17.5 Å². The molecule has 0 aliphatic carbocycles. The first-order valence-electron chi connectivity index (χ1n) is 6.96. The largest absolute Gasteiger partial charge is 0.206 e. The normalized spacial score (nSPS) is 10.2. The highest BCUT2D eigenvalue weighted by atomic mass is 127. The van der Waals surface area contributed by atoms with Crippen molar-refractivity contribution in [3.63, 3.8) is 0 Å². The number of aryl methyl sites for hydroxylation is 1. The second kappa shape index (κ2) is 7.68. The summed E-state index contributed by atoms with van der Waals surface area (Å²) in [6.07, 6.45) is 2.48. The van der Waals surface area contributed by atoms with Crippen LogP contribution in [0.15, 0.2) is 30.3 Å². The Morgan fingerprint density at radius 3 is 2.23 bits per heavy atom. The fourth-order valence-electron chi connectivity index (χ4n) is 1.98. The van der Waals surface area contributed by atoms with Crippen molar-refractivity contribution in [2.45, 2.75) is 26.2 Å². The van der Waals surface area contributed by atoms with Crippen molar-refractivity contribution in [3.8, 4) is 11.8 Å². The molecule has 0 heterocycles. The van der Waals surface area contributed by atoms with Gasteiger partial charge in [0.1, 0.15) is 17.5 Å². The third-order valence-corrected chi connectivity index (χ3v) is 4.05. The average Bonchev–Trinajstić information content (AvgIpc) is 2.47. The standard InChI is InChI=1S/C18H14F3I/c1-2-3-4-13-10-15(19)14(16(20)11-13)7-5-12-6-8-18(22)17(21)9-12/h6,8-11H,2-4H2,1H3. The molecule has 114 valence electrons. The van der Waals surface area contributed by atoms with E-state index >= 15 is 0 Å². The van der Waals surface area contributed by atoms with Crippen molar-refractivity contribution >= 4 is 22.6 Å². The highest BCUT2D eigenvalue weighted by Gasteiger charge is 2.09. The van der Waals surface area contributed by atoms with Gasteiger partial charge in [-0.3, -0.25) is 0 Å². The Labute approximate surface area is 141 Å². The van der Waals surface area contributed by atoms with Crippen molar-refractivity contribution in [1.29, 1.82) is 0 Å². The van der Waals surface area contributed by atoms with Gasteiger partial charge in [-0.15, -0.1) is 0 Å². The Balaban J connectivity index is 2.30. The molecule has 0 bridgehead atoms. The van der Waals surface area contributed by atoms with Crippen molar-refractivity contribution in [2.24, 2.45) is 0 Å². The molecule has 0 aliphatic rings. The SMILES string of the molecule is CCCCc1cc(F)c(C#Cc2ccc(I)c(F)c2)c(F)c1. The molecule has 2 rings (SSSR count). The molecule has 0 radical (unpaired) electrons. The first-order chi connectivity index (χ1) is 10.5. The quantitative estimate of drug-likeness (QED) is 0.463. The zero-order valence-electron chi connectivity index (χ0n) is 12.0. The smallest absolute Gasteiger partial charge is 0.142 e. The molecule has 2 aromatic rings. The summed E-state index contributed by atoms with van der Waals surface area (Å²) in [6.45, 7) is 2.02. The van der Waals surface area contributed by atoms with Crippen LogP contribution in [0.2, 0.25) is 0 Å².